The molecule has 0 aliphatic carbocycles. The number of thiophene rings is 1. The number of thiazole rings is 1. The van der Waals surface area contributed by atoms with E-state index in [-0.39, 0.29) is 12.5 Å². The lowest BCUT2D eigenvalue weighted by molar-refractivity contribution is 0.103. The van der Waals surface area contributed by atoms with Gasteiger partial charge < -0.3 is 5.11 Å². The second kappa shape index (κ2) is 6.86. The molecule has 0 saturated heterocycles. The summed E-state index contributed by atoms with van der Waals surface area (Å²) in [7, 11) is 0. The number of halogens is 1. The largest absolute Gasteiger partial charge is 0.395 e. The van der Waals surface area contributed by atoms with Crippen LogP contribution in [0.1, 0.15) is 26.5 Å². The van der Waals surface area contributed by atoms with Gasteiger partial charge in [-0.25, -0.2) is 4.98 Å². The van der Waals surface area contributed by atoms with Gasteiger partial charge in [0.05, 0.1) is 22.7 Å². The Morgan fingerprint density at radius 1 is 1.60 bits per heavy atom. The van der Waals surface area contributed by atoms with Gasteiger partial charge in [-0.05, 0) is 17.9 Å². The van der Waals surface area contributed by atoms with Gasteiger partial charge in [0.2, 0.25) is 0 Å². The molecule has 7 heteroatoms. The molecular formula is C13H11ClN2O2S2. The molecular weight excluding hydrogens is 316 g/mol. The first-order chi connectivity index (χ1) is 9.61. The lowest BCUT2D eigenvalue weighted by Crippen LogP contribution is -2.10. The molecule has 0 aliphatic rings. The lowest BCUT2D eigenvalue weighted by Gasteiger charge is -1.99. The van der Waals surface area contributed by atoms with E-state index >= 15 is 0 Å². The zero-order valence-electron chi connectivity index (χ0n) is 10.6. The van der Waals surface area contributed by atoms with Crippen molar-refractivity contribution in [1.82, 2.24) is 4.98 Å². The number of hydrogen-bond acceptors (Lipinski definition) is 5. The van der Waals surface area contributed by atoms with Crippen molar-refractivity contribution in [2.75, 3.05) is 11.9 Å². The van der Waals surface area contributed by atoms with Crippen LogP contribution in [0.15, 0.2) is 11.6 Å². The van der Waals surface area contributed by atoms with Gasteiger partial charge in [-0.3, -0.25) is 10.1 Å². The van der Waals surface area contributed by atoms with Crippen molar-refractivity contribution in [2.24, 2.45) is 0 Å². The Hall–Kier alpha value is -1.39. The first-order valence-corrected chi connectivity index (χ1v) is 7.79. The maximum atomic E-state index is 12.0. The predicted molar refractivity (Wildman–Crippen MR) is 82.7 cm³/mol. The van der Waals surface area contributed by atoms with E-state index in [2.05, 4.69) is 22.1 Å². The number of aryl methyl sites for hydroxylation is 1. The van der Waals surface area contributed by atoms with Gasteiger partial charge in [0, 0.05) is 6.42 Å². The molecule has 0 radical (unpaired) electrons. The van der Waals surface area contributed by atoms with E-state index < -0.39 is 0 Å². The molecule has 0 aliphatic heterocycles. The SMILES string of the molecule is Cc1csc(C(=O)Nc2ncc(C#CCCO)s2)c1Cl. The second-order valence-electron chi connectivity index (χ2n) is 3.82. The van der Waals surface area contributed by atoms with Crippen LogP contribution in [0.4, 0.5) is 5.13 Å². The molecule has 0 bridgehead atoms. The number of carbonyl (C=O) groups excluding carboxylic acids is 1. The van der Waals surface area contributed by atoms with Crippen molar-refractivity contribution < 1.29 is 9.90 Å². The average molecular weight is 327 g/mol. The number of aromatic nitrogens is 1. The van der Waals surface area contributed by atoms with Gasteiger partial charge in [0.15, 0.2) is 5.13 Å². The maximum Gasteiger partial charge on any atom is 0.269 e. The minimum Gasteiger partial charge on any atom is -0.395 e. The van der Waals surface area contributed by atoms with Crippen LogP contribution in [0.2, 0.25) is 5.02 Å². The Balaban J connectivity index is 2.06. The molecule has 104 valence electrons. The van der Waals surface area contributed by atoms with Gasteiger partial charge in [-0.15, -0.1) is 11.3 Å². The highest BCUT2D eigenvalue weighted by molar-refractivity contribution is 7.16. The Morgan fingerprint density at radius 2 is 2.40 bits per heavy atom. The minimum atomic E-state index is -0.266. The fourth-order valence-corrected chi connectivity index (χ4v) is 3.19. The van der Waals surface area contributed by atoms with E-state index in [0.29, 0.717) is 21.5 Å². The van der Waals surface area contributed by atoms with Crippen LogP contribution >= 0.6 is 34.3 Å². The summed E-state index contributed by atoms with van der Waals surface area (Å²) < 4.78 is 0. The predicted octanol–water partition coefficient (Wildman–Crippen LogP) is 3.15. The highest BCUT2D eigenvalue weighted by Crippen LogP contribution is 2.28. The van der Waals surface area contributed by atoms with Gasteiger partial charge in [-0.2, -0.15) is 0 Å². The summed E-state index contributed by atoms with van der Waals surface area (Å²) in [4.78, 5) is 17.3. The number of carbonyl (C=O) groups is 1. The van der Waals surface area contributed by atoms with Crippen LogP contribution in [0.25, 0.3) is 0 Å². The maximum absolute atomic E-state index is 12.0. The van der Waals surface area contributed by atoms with Gasteiger partial charge >= 0.3 is 0 Å². The molecule has 0 unspecified atom stereocenters. The molecule has 2 aromatic heterocycles. The number of aliphatic hydroxyl groups is 1. The van der Waals surface area contributed by atoms with E-state index in [4.69, 9.17) is 16.7 Å². The zero-order valence-corrected chi connectivity index (χ0v) is 13.0. The summed E-state index contributed by atoms with van der Waals surface area (Å²) in [5.74, 6) is 5.40. The van der Waals surface area contributed by atoms with Crippen molar-refractivity contribution in [2.45, 2.75) is 13.3 Å². The standard InChI is InChI=1S/C13H11ClN2O2S2/c1-8-7-19-11(10(8)14)12(18)16-13-15-6-9(20-13)4-2-3-5-17/h6-7,17H,3,5H2,1H3,(H,15,16,18). The summed E-state index contributed by atoms with van der Waals surface area (Å²) >= 11 is 8.63. The van der Waals surface area contributed by atoms with E-state index in [1.54, 1.807) is 6.20 Å². The average Bonchev–Trinajstić information content (AvgIpc) is 2.99. The van der Waals surface area contributed by atoms with Gasteiger partial charge in [0.1, 0.15) is 4.88 Å². The van der Waals surface area contributed by atoms with E-state index in [0.717, 1.165) is 10.4 Å². The normalized spacial score (nSPS) is 9.95. The van der Waals surface area contributed by atoms with Gasteiger partial charge in [0.25, 0.3) is 5.91 Å². The van der Waals surface area contributed by atoms with E-state index in [1.807, 2.05) is 12.3 Å². The van der Waals surface area contributed by atoms with Crippen LogP contribution in [-0.4, -0.2) is 22.6 Å². The number of hydrogen-bond donors (Lipinski definition) is 2. The number of nitrogens with zero attached hydrogens (tertiary/aromatic N) is 1. The molecule has 20 heavy (non-hydrogen) atoms. The number of amides is 1. The van der Waals surface area contributed by atoms with Crippen molar-refractivity contribution in [3.63, 3.8) is 0 Å². The molecule has 4 nitrogen and oxygen atoms in total. The molecule has 2 rings (SSSR count). The third-order valence-corrected chi connectivity index (χ3v) is 4.80. The molecule has 2 aromatic rings. The second-order valence-corrected chi connectivity index (χ2v) is 6.11. The smallest absolute Gasteiger partial charge is 0.269 e. The Labute approximate surface area is 129 Å². The van der Waals surface area contributed by atoms with Crippen LogP contribution in [0, 0.1) is 18.8 Å². The molecule has 1 amide bonds. The molecule has 2 heterocycles. The van der Waals surface area contributed by atoms with Crippen molar-refractivity contribution >= 4 is 45.3 Å². The number of anilines is 1. The molecule has 2 N–H and O–H groups in total. The number of aliphatic hydroxyl groups excluding tert-OH is 1. The molecule has 0 saturated carbocycles. The third-order valence-electron chi connectivity index (χ3n) is 2.28. The monoisotopic (exact) mass is 326 g/mol. The summed E-state index contributed by atoms with van der Waals surface area (Å²) in [6.07, 6.45) is 2.01. The Morgan fingerprint density at radius 3 is 3.05 bits per heavy atom. The van der Waals surface area contributed by atoms with Crippen LogP contribution in [0.3, 0.4) is 0 Å². The molecule has 0 aromatic carbocycles. The third kappa shape index (κ3) is 3.58. The summed E-state index contributed by atoms with van der Waals surface area (Å²) in [5.41, 5.74) is 0.886. The van der Waals surface area contributed by atoms with Crippen molar-refractivity contribution in [3.8, 4) is 11.8 Å². The zero-order chi connectivity index (χ0) is 14.5. The fourth-order valence-electron chi connectivity index (χ4n) is 1.33. The van der Waals surface area contributed by atoms with Gasteiger partial charge in [-0.1, -0.05) is 34.8 Å². The van der Waals surface area contributed by atoms with Crippen molar-refractivity contribution in [3.05, 3.63) is 31.9 Å². The molecule has 0 fully saturated rings. The van der Waals surface area contributed by atoms with Crippen molar-refractivity contribution in [1.29, 1.82) is 0 Å². The highest BCUT2D eigenvalue weighted by atomic mass is 35.5. The fraction of sp³-hybridized carbons (Fsp3) is 0.231. The summed E-state index contributed by atoms with van der Waals surface area (Å²) in [5, 5.41) is 14.1. The van der Waals surface area contributed by atoms with Crippen LogP contribution < -0.4 is 5.32 Å². The number of rotatable bonds is 3. The summed E-state index contributed by atoms with van der Waals surface area (Å²) in [6, 6.07) is 0. The molecule has 0 atom stereocenters. The Bertz CT molecular complexity index is 682. The highest BCUT2D eigenvalue weighted by Gasteiger charge is 2.15. The lowest BCUT2D eigenvalue weighted by atomic mass is 10.3. The first-order valence-electron chi connectivity index (χ1n) is 5.72. The number of nitrogens with one attached hydrogen (secondary N) is 1. The van der Waals surface area contributed by atoms with Crippen LogP contribution in [0.5, 0.6) is 0 Å². The first kappa shape index (κ1) is 15.0. The topological polar surface area (TPSA) is 62.2 Å². The van der Waals surface area contributed by atoms with E-state index in [1.165, 1.54) is 22.7 Å². The summed E-state index contributed by atoms with van der Waals surface area (Å²) in [6.45, 7) is 1.89. The minimum absolute atomic E-state index is 0.0334. The Kier molecular flexibility index (Phi) is 5.15. The van der Waals surface area contributed by atoms with Crippen LogP contribution in [-0.2, 0) is 0 Å². The molecule has 0 spiro atoms. The van der Waals surface area contributed by atoms with E-state index in [9.17, 15) is 4.79 Å². The quantitative estimate of drug-likeness (QED) is 0.852.